The van der Waals surface area contributed by atoms with E-state index in [4.69, 9.17) is 0 Å². The zero-order valence-electron chi connectivity index (χ0n) is 12.6. The van der Waals surface area contributed by atoms with E-state index in [-0.39, 0.29) is 17.3 Å². The van der Waals surface area contributed by atoms with Crippen LogP contribution >= 0.6 is 11.3 Å². The van der Waals surface area contributed by atoms with E-state index in [1.54, 1.807) is 26.0 Å². The minimum Gasteiger partial charge on any atom is -0.326 e. The van der Waals surface area contributed by atoms with Crippen molar-refractivity contribution in [2.24, 2.45) is 0 Å². The third-order valence-electron chi connectivity index (χ3n) is 3.16. The Hall–Kier alpha value is -1.70. The minimum absolute atomic E-state index is 0.183. The second kappa shape index (κ2) is 6.60. The SMILES string of the molecule is CC(=O)Nc1c(C)cc(S(=O)(=O)NCc2ccsc2)cc1C. The van der Waals surface area contributed by atoms with Crippen LogP contribution in [0.25, 0.3) is 0 Å². The van der Waals surface area contributed by atoms with Crippen LogP contribution < -0.4 is 10.0 Å². The molecule has 2 N–H and O–H groups in total. The molecule has 2 aromatic rings. The number of benzene rings is 1. The fourth-order valence-electron chi connectivity index (χ4n) is 2.11. The predicted octanol–water partition coefficient (Wildman–Crippen LogP) is 2.80. The van der Waals surface area contributed by atoms with Crippen molar-refractivity contribution >= 4 is 33.0 Å². The number of carbonyl (C=O) groups is 1. The first-order valence-electron chi connectivity index (χ1n) is 6.69. The largest absolute Gasteiger partial charge is 0.326 e. The van der Waals surface area contributed by atoms with Crippen molar-refractivity contribution in [1.29, 1.82) is 0 Å². The second-order valence-electron chi connectivity index (χ2n) is 5.07. The van der Waals surface area contributed by atoms with Gasteiger partial charge in [0.25, 0.3) is 0 Å². The van der Waals surface area contributed by atoms with Crippen molar-refractivity contribution in [1.82, 2.24) is 4.72 Å². The lowest BCUT2D eigenvalue weighted by molar-refractivity contribution is -0.114. The average Bonchev–Trinajstić information content (AvgIpc) is 2.93. The van der Waals surface area contributed by atoms with Crippen LogP contribution in [0.5, 0.6) is 0 Å². The first-order valence-corrected chi connectivity index (χ1v) is 9.12. The van der Waals surface area contributed by atoms with Gasteiger partial charge in [-0.15, -0.1) is 0 Å². The molecule has 0 bridgehead atoms. The van der Waals surface area contributed by atoms with E-state index >= 15 is 0 Å². The van der Waals surface area contributed by atoms with Crippen LogP contribution in [0.3, 0.4) is 0 Å². The van der Waals surface area contributed by atoms with Crippen molar-refractivity contribution in [2.45, 2.75) is 32.2 Å². The molecule has 0 aliphatic rings. The highest BCUT2D eigenvalue weighted by atomic mass is 32.2. The third kappa shape index (κ3) is 3.94. The van der Waals surface area contributed by atoms with Gasteiger partial charge in [-0.1, -0.05) is 0 Å². The average molecular weight is 338 g/mol. The molecule has 0 radical (unpaired) electrons. The fraction of sp³-hybridized carbons (Fsp3) is 0.267. The smallest absolute Gasteiger partial charge is 0.240 e. The Kier molecular flexibility index (Phi) is 5.00. The van der Waals surface area contributed by atoms with E-state index in [0.717, 1.165) is 5.56 Å². The van der Waals surface area contributed by atoms with Crippen LogP contribution in [-0.4, -0.2) is 14.3 Å². The van der Waals surface area contributed by atoms with E-state index in [2.05, 4.69) is 10.0 Å². The number of thiophene rings is 1. The van der Waals surface area contributed by atoms with Gasteiger partial charge in [-0.05, 0) is 59.5 Å². The summed E-state index contributed by atoms with van der Waals surface area (Å²) in [5.41, 5.74) is 3.01. The predicted molar refractivity (Wildman–Crippen MR) is 88.6 cm³/mol. The van der Waals surface area contributed by atoms with Crippen LogP contribution in [0.2, 0.25) is 0 Å². The van der Waals surface area contributed by atoms with Crippen molar-refractivity contribution < 1.29 is 13.2 Å². The number of hydrogen-bond donors (Lipinski definition) is 2. The van der Waals surface area contributed by atoms with E-state index in [1.807, 2.05) is 16.8 Å². The Morgan fingerprint density at radius 3 is 2.36 bits per heavy atom. The topological polar surface area (TPSA) is 75.3 Å². The molecule has 0 aliphatic carbocycles. The van der Waals surface area contributed by atoms with E-state index in [1.165, 1.54) is 18.3 Å². The monoisotopic (exact) mass is 338 g/mol. The number of carbonyl (C=O) groups excluding carboxylic acids is 1. The molecule has 22 heavy (non-hydrogen) atoms. The molecule has 0 aliphatic heterocycles. The molecule has 0 spiro atoms. The molecule has 0 saturated carbocycles. The van der Waals surface area contributed by atoms with Gasteiger partial charge in [-0.2, -0.15) is 11.3 Å². The maximum absolute atomic E-state index is 12.4. The summed E-state index contributed by atoms with van der Waals surface area (Å²) < 4.78 is 27.3. The Balaban J connectivity index is 2.26. The van der Waals surface area contributed by atoms with Gasteiger partial charge in [0.05, 0.1) is 4.90 Å². The number of anilines is 1. The highest BCUT2D eigenvalue weighted by Crippen LogP contribution is 2.24. The zero-order valence-corrected chi connectivity index (χ0v) is 14.3. The zero-order chi connectivity index (χ0) is 16.3. The van der Waals surface area contributed by atoms with E-state index < -0.39 is 10.0 Å². The molecule has 0 atom stereocenters. The fourth-order valence-corrected chi connectivity index (χ4v) is 3.96. The Morgan fingerprint density at radius 2 is 1.86 bits per heavy atom. The summed E-state index contributed by atoms with van der Waals surface area (Å²) in [5, 5.41) is 6.53. The van der Waals surface area contributed by atoms with Crippen molar-refractivity contribution in [3.63, 3.8) is 0 Å². The summed E-state index contributed by atoms with van der Waals surface area (Å²) in [6, 6.07) is 5.01. The van der Waals surface area contributed by atoms with Gasteiger partial charge >= 0.3 is 0 Å². The Bertz CT molecular complexity index is 758. The number of amides is 1. The van der Waals surface area contributed by atoms with Gasteiger partial charge < -0.3 is 5.32 Å². The summed E-state index contributed by atoms with van der Waals surface area (Å²) in [6.45, 7) is 5.23. The summed E-state index contributed by atoms with van der Waals surface area (Å²) >= 11 is 1.52. The lowest BCUT2D eigenvalue weighted by Gasteiger charge is -2.13. The summed E-state index contributed by atoms with van der Waals surface area (Å²) in [5.74, 6) is -0.183. The van der Waals surface area contributed by atoms with Gasteiger partial charge in [0, 0.05) is 19.2 Å². The molecule has 5 nitrogen and oxygen atoms in total. The molecule has 0 saturated heterocycles. The van der Waals surface area contributed by atoms with Crippen molar-refractivity contribution in [2.75, 3.05) is 5.32 Å². The molecule has 1 aromatic carbocycles. The number of rotatable bonds is 5. The first-order chi connectivity index (χ1) is 10.3. The lowest BCUT2D eigenvalue weighted by Crippen LogP contribution is -2.23. The Labute approximate surface area is 134 Å². The van der Waals surface area contributed by atoms with Crippen LogP contribution in [0.15, 0.2) is 33.9 Å². The number of sulfonamides is 1. The number of nitrogens with one attached hydrogen (secondary N) is 2. The molecule has 1 amide bonds. The van der Waals surface area contributed by atoms with Gasteiger partial charge in [0.1, 0.15) is 0 Å². The summed E-state index contributed by atoms with van der Waals surface area (Å²) in [7, 11) is -3.58. The first kappa shape index (κ1) is 16.7. The molecule has 1 heterocycles. The van der Waals surface area contributed by atoms with Crippen LogP contribution in [0.4, 0.5) is 5.69 Å². The molecular formula is C15H18N2O3S2. The van der Waals surface area contributed by atoms with Gasteiger partial charge in [-0.25, -0.2) is 13.1 Å². The molecule has 0 fully saturated rings. The quantitative estimate of drug-likeness (QED) is 0.880. The summed E-state index contributed by atoms with van der Waals surface area (Å²) in [6.07, 6.45) is 0. The maximum Gasteiger partial charge on any atom is 0.240 e. The Morgan fingerprint density at radius 1 is 1.23 bits per heavy atom. The van der Waals surface area contributed by atoms with Crippen LogP contribution in [-0.2, 0) is 21.4 Å². The standard InChI is InChI=1S/C15H18N2O3S2/c1-10-6-14(7-11(2)15(10)17-12(3)18)22(19,20)16-8-13-4-5-21-9-13/h4-7,9,16H,8H2,1-3H3,(H,17,18). The molecule has 1 aromatic heterocycles. The molecule has 0 unspecified atom stereocenters. The van der Waals surface area contributed by atoms with Gasteiger partial charge in [0.15, 0.2) is 0 Å². The van der Waals surface area contributed by atoms with Gasteiger partial charge in [0.2, 0.25) is 15.9 Å². The van der Waals surface area contributed by atoms with Crippen LogP contribution in [0, 0.1) is 13.8 Å². The van der Waals surface area contributed by atoms with E-state index in [0.29, 0.717) is 16.8 Å². The third-order valence-corrected chi connectivity index (χ3v) is 5.28. The summed E-state index contributed by atoms with van der Waals surface area (Å²) in [4.78, 5) is 11.4. The maximum atomic E-state index is 12.4. The number of hydrogen-bond acceptors (Lipinski definition) is 4. The minimum atomic E-state index is -3.58. The van der Waals surface area contributed by atoms with Crippen molar-refractivity contribution in [3.05, 3.63) is 45.6 Å². The molecular weight excluding hydrogens is 320 g/mol. The lowest BCUT2D eigenvalue weighted by atomic mass is 10.1. The number of aryl methyl sites for hydroxylation is 2. The highest BCUT2D eigenvalue weighted by Gasteiger charge is 2.17. The van der Waals surface area contributed by atoms with E-state index in [9.17, 15) is 13.2 Å². The highest BCUT2D eigenvalue weighted by molar-refractivity contribution is 7.89. The van der Waals surface area contributed by atoms with Gasteiger partial charge in [-0.3, -0.25) is 4.79 Å². The normalized spacial score (nSPS) is 11.4. The molecule has 2 rings (SSSR count). The molecule has 7 heteroatoms. The van der Waals surface area contributed by atoms with Crippen molar-refractivity contribution in [3.8, 4) is 0 Å². The second-order valence-corrected chi connectivity index (χ2v) is 7.62. The van der Waals surface area contributed by atoms with Crippen LogP contribution in [0.1, 0.15) is 23.6 Å². The molecule has 118 valence electrons.